The van der Waals surface area contributed by atoms with Gasteiger partial charge in [-0.15, -0.1) is 0 Å². The van der Waals surface area contributed by atoms with Gasteiger partial charge in [0.05, 0.1) is 42.1 Å². The van der Waals surface area contributed by atoms with Crippen LogP contribution >= 0.6 is 0 Å². The Morgan fingerprint density at radius 1 is 0.944 bits per heavy atom. The van der Waals surface area contributed by atoms with Crippen LogP contribution < -0.4 is 10.1 Å². The van der Waals surface area contributed by atoms with E-state index in [4.69, 9.17) is 24.2 Å². The summed E-state index contributed by atoms with van der Waals surface area (Å²) in [6.07, 6.45) is 4.24. The average Bonchev–Trinajstić information content (AvgIpc) is 3.97. The van der Waals surface area contributed by atoms with Crippen molar-refractivity contribution in [2.75, 3.05) is 20.2 Å². The van der Waals surface area contributed by atoms with E-state index in [1.165, 1.54) is 7.11 Å². The van der Waals surface area contributed by atoms with Crippen LogP contribution in [0.1, 0.15) is 89.6 Å². The van der Waals surface area contributed by atoms with E-state index in [9.17, 15) is 14.4 Å². The number of carbonyl (C=O) groups excluding carboxylic acids is 3. The number of hydrogen-bond donors (Lipinski definition) is 3. The van der Waals surface area contributed by atoms with Crippen molar-refractivity contribution in [3.05, 3.63) is 65.9 Å². The van der Waals surface area contributed by atoms with Gasteiger partial charge in [0, 0.05) is 24.0 Å². The number of likely N-dealkylation sites (tertiary alicyclic amines) is 2. The molecule has 3 aliphatic heterocycles. The largest absolute Gasteiger partial charge is 0.488 e. The molecule has 0 bridgehead atoms. The zero-order valence-corrected chi connectivity index (χ0v) is 31.6. The highest BCUT2D eigenvalue weighted by Crippen LogP contribution is 2.43. The van der Waals surface area contributed by atoms with E-state index in [2.05, 4.69) is 51.7 Å². The molecular formula is C41H47N7O6. The van der Waals surface area contributed by atoms with Crippen LogP contribution in [0, 0.1) is 5.92 Å². The minimum absolute atomic E-state index is 0.112. The summed E-state index contributed by atoms with van der Waals surface area (Å²) in [7, 11) is 1.30. The molecule has 0 saturated carbocycles. The molecular weight excluding hydrogens is 686 g/mol. The molecule has 0 radical (unpaired) electrons. The lowest BCUT2D eigenvalue weighted by Crippen LogP contribution is -2.51. The second-order valence-corrected chi connectivity index (χ2v) is 15.9. The number of imidazole rings is 2. The first kappa shape index (κ1) is 35.4. The van der Waals surface area contributed by atoms with Gasteiger partial charge in [-0.25, -0.2) is 19.6 Å². The standard InChI is InChI=1S/C41H47N7O6/c1-22(2)34(46-39(50)52-6)38(49)47-15-7-10-32(47)37-43-29-14-12-23-18-28-26-13-11-24(17-25(26)21-53-33(28)19-27(23)35(29)45-37)30-20-42-36(44-30)31-9-8-16-48(31)40(51)54-41(3,4)5/h11-14,17-20,22,31-32,34H,7-10,15-16,21H2,1-6H3,(H,42,44)(H,43,45)(H,46,50)/t31?,32-,34-/m0/s1. The van der Waals surface area contributed by atoms with Gasteiger partial charge in [-0.1, -0.05) is 32.0 Å². The number of amides is 3. The third-order valence-corrected chi connectivity index (χ3v) is 10.7. The van der Waals surface area contributed by atoms with Crippen molar-refractivity contribution in [2.24, 2.45) is 5.92 Å². The Morgan fingerprint density at radius 3 is 2.44 bits per heavy atom. The molecule has 0 aliphatic carbocycles. The van der Waals surface area contributed by atoms with Gasteiger partial charge in [-0.3, -0.25) is 9.69 Å². The minimum atomic E-state index is -0.698. The van der Waals surface area contributed by atoms with Gasteiger partial charge in [0.2, 0.25) is 5.91 Å². The summed E-state index contributed by atoms with van der Waals surface area (Å²) < 4.78 is 16.8. The monoisotopic (exact) mass is 733 g/mol. The van der Waals surface area contributed by atoms with Crippen molar-refractivity contribution in [1.29, 1.82) is 0 Å². The van der Waals surface area contributed by atoms with Gasteiger partial charge < -0.3 is 34.4 Å². The van der Waals surface area contributed by atoms with E-state index in [0.29, 0.717) is 19.7 Å². The van der Waals surface area contributed by atoms with Crippen LogP contribution in [0.4, 0.5) is 9.59 Å². The van der Waals surface area contributed by atoms with E-state index in [0.717, 1.165) is 92.8 Å². The summed E-state index contributed by atoms with van der Waals surface area (Å²) >= 11 is 0. The van der Waals surface area contributed by atoms with E-state index in [1.807, 2.05) is 51.8 Å². The Bertz CT molecular complexity index is 2270. The maximum atomic E-state index is 13.7. The van der Waals surface area contributed by atoms with Crippen LogP contribution in [-0.2, 0) is 20.9 Å². The molecule has 3 aliphatic rings. The quantitative estimate of drug-likeness (QED) is 0.160. The van der Waals surface area contributed by atoms with Gasteiger partial charge >= 0.3 is 12.2 Å². The Labute approximate surface area is 313 Å². The van der Waals surface area contributed by atoms with E-state index < -0.39 is 17.7 Å². The fourth-order valence-corrected chi connectivity index (χ4v) is 8.07. The van der Waals surface area contributed by atoms with Crippen LogP contribution in [0.25, 0.3) is 44.2 Å². The molecule has 1 unspecified atom stereocenters. The summed E-state index contributed by atoms with van der Waals surface area (Å²) in [5.41, 5.74) is 6.22. The molecule has 2 fully saturated rings. The van der Waals surface area contributed by atoms with Crippen LogP contribution in [0.2, 0.25) is 0 Å². The van der Waals surface area contributed by atoms with Gasteiger partial charge in [0.25, 0.3) is 0 Å². The first-order valence-corrected chi connectivity index (χ1v) is 18.8. The Kier molecular flexibility index (Phi) is 8.98. The molecule has 5 heterocycles. The number of ether oxygens (including phenoxy) is 3. The van der Waals surface area contributed by atoms with Crippen molar-refractivity contribution in [1.82, 2.24) is 35.1 Å². The van der Waals surface area contributed by atoms with E-state index >= 15 is 0 Å². The van der Waals surface area contributed by atoms with Gasteiger partial charge in [0.1, 0.15) is 35.6 Å². The van der Waals surface area contributed by atoms with Gasteiger partial charge in [-0.2, -0.15) is 0 Å². The molecule has 8 rings (SSSR count). The van der Waals surface area contributed by atoms with Gasteiger partial charge in [0.15, 0.2) is 0 Å². The lowest BCUT2D eigenvalue weighted by Gasteiger charge is -2.29. The van der Waals surface area contributed by atoms with Crippen molar-refractivity contribution in [2.45, 2.75) is 90.6 Å². The SMILES string of the molecule is COC(=O)N[C@H](C(=O)N1CCC[C@H]1c1nc2c(ccc3cc4c(cc32)OCc2cc(-c3cnc(C5CCCN5C(=O)OC(C)(C)C)[nH]3)ccc2-4)[nH]1)C(C)C. The summed E-state index contributed by atoms with van der Waals surface area (Å²) in [5.74, 6) is 2.03. The van der Waals surface area contributed by atoms with Crippen LogP contribution in [0.15, 0.2) is 48.7 Å². The lowest BCUT2D eigenvalue weighted by molar-refractivity contribution is -0.135. The predicted molar refractivity (Wildman–Crippen MR) is 204 cm³/mol. The molecule has 2 saturated heterocycles. The molecule has 0 spiro atoms. The number of methoxy groups -OCH3 is 1. The number of nitrogens with zero attached hydrogens (tertiary/aromatic N) is 4. The average molecular weight is 734 g/mol. The van der Waals surface area contributed by atoms with Crippen molar-refractivity contribution < 1.29 is 28.6 Å². The second-order valence-electron chi connectivity index (χ2n) is 15.9. The van der Waals surface area contributed by atoms with Crippen LogP contribution in [0.3, 0.4) is 0 Å². The van der Waals surface area contributed by atoms with Crippen molar-refractivity contribution in [3.63, 3.8) is 0 Å². The highest BCUT2D eigenvalue weighted by atomic mass is 16.6. The smallest absolute Gasteiger partial charge is 0.410 e. The third kappa shape index (κ3) is 6.49. The zero-order valence-electron chi connectivity index (χ0n) is 31.6. The summed E-state index contributed by atoms with van der Waals surface area (Å²) in [6, 6.07) is 13.6. The number of nitrogens with one attached hydrogen (secondary N) is 3. The number of hydrogen-bond acceptors (Lipinski definition) is 8. The van der Waals surface area contributed by atoms with Crippen LogP contribution in [0.5, 0.6) is 5.75 Å². The first-order chi connectivity index (χ1) is 25.9. The Hall–Kier alpha value is -5.59. The molecule has 5 aromatic rings. The molecule has 282 valence electrons. The zero-order chi connectivity index (χ0) is 37.9. The van der Waals surface area contributed by atoms with Gasteiger partial charge in [-0.05, 0) is 98.7 Å². The number of carbonyl (C=O) groups is 3. The maximum Gasteiger partial charge on any atom is 0.410 e. The predicted octanol–water partition coefficient (Wildman–Crippen LogP) is 7.78. The molecule has 54 heavy (non-hydrogen) atoms. The lowest BCUT2D eigenvalue weighted by atomic mass is 9.92. The van der Waals surface area contributed by atoms with Crippen molar-refractivity contribution in [3.8, 4) is 28.1 Å². The van der Waals surface area contributed by atoms with E-state index in [-0.39, 0.29) is 30.0 Å². The van der Waals surface area contributed by atoms with E-state index in [1.54, 1.807) is 4.90 Å². The molecule has 3 N–H and O–H groups in total. The third-order valence-electron chi connectivity index (χ3n) is 10.7. The molecule has 2 aromatic heterocycles. The summed E-state index contributed by atoms with van der Waals surface area (Å²) in [6.45, 7) is 11.1. The highest BCUT2D eigenvalue weighted by molar-refractivity contribution is 6.07. The normalized spacial score (nSPS) is 18.8. The highest BCUT2D eigenvalue weighted by Gasteiger charge is 2.38. The first-order valence-electron chi connectivity index (χ1n) is 18.8. The fraction of sp³-hybridized carbons (Fsp3) is 0.439. The number of benzene rings is 3. The summed E-state index contributed by atoms with van der Waals surface area (Å²) in [5, 5.41) is 4.72. The number of fused-ring (bicyclic) bond motifs is 6. The van der Waals surface area contributed by atoms with Crippen molar-refractivity contribution >= 4 is 39.9 Å². The second kappa shape index (κ2) is 13.7. The fourth-order valence-electron chi connectivity index (χ4n) is 8.07. The Morgan fingerprint density at radius 2 is 1.70 bits per heavy atom. The van der Waals surface area contributed by atoms with Crippen LogP contribution in [-0.4, -0.2) is 79.7 Å². The molecule has 3 atom stereocenters. The number of aromatic amines is 2. The summed E-state index contributed by atoms with van der Waals surface area (Å²) in [4.78, 5) is 59.0. The number of alkyl carbamates (subject to hydrolysis) is 1. The Balaban J connectivity index is 1.05. The molecule has 3 amide bonds. The number of aromatic nitrogens is 4. The topological polar surface area (TPSA) is 155 Å². The number of H-pyrrole nitrogens is 2. The minimum Gasteiger partial charge on any atom is -0.488 e. The number of rotatable bonds is 6. The molecule has 13 nitrogen and oxygen atoms in total. The maximum absolute atomic E-state index is 13.7. The molecule has 13 heteroatoms. The molecule has 3 aromatic carbocycles.